The van der Waals surface area contributed by atoms with Crippen LogP contribution in [0.15, 0.2) is 6.33 Å². The van der Waals surface area contributed by atoms with Crippen molar-refractivity contribution in [3.05, 3.63) is 17.8 Å². The first kappa shape index (κ1) is 12.8. The zero-order valence-electron chi connectivity index (χ0n) is 10.2. The average molecular weight is 226 g/mol. The summed E-state index contributed by atoms with van der Waals surface area (Å²) in [5.41, 5.74) is 5.81. The summed E-state index contributed by atoms with van der Waals surface area (Å²) >= 11 is 0. The van der Waals surface area contributed by atoms with E-state index in [2.05, 4.69) is 15.3 Å². The molecule has 0 spiro atoms. The third-order valence-electron chi connectivity index (χ3n) is 2.78. The lowest BCUT2D eigenvalue weighted by molar-refractivity contribution is 0.463. The Kier molecular flexibility index (Phi) is 3.80. The number of nitrogens with zero attached hydrogens (tertiary/aromatic N) is 2. The maximum Gasteiger partial charge on any atom is 0.186 e. The van der Waals surface area contributed by atoms with E-state index in [1.54, 1.807) is 0 Å². The van der Waals surface area contributed by atoms with Crippen LogP contribution in [0.2, 0.25) is 0 Å². The van der Waals surface area contributed by atoms with E-state index >= 15 is 0 Å². The van der Waals surface area contributed by atoms with E-state index in [0.29, 0.717) is 12.1 Å². The molecular weight excluding hydrogens is 207 g/mol. The second-order valence-electron chi connectivity index (χ2n) is 4.47. The van der Waals surface area contributed by atoms with Crippen molar-refractivity contribution in [3.8, 4) is 0 Å². The van der Waals surface area contributed by atoms with Crippen LogP contribution in [-0.4, -0.2) is 21.5 Å². The lowest BCUT2D eigenvalue weighted by Crippen LogP contribution is -2.47. The first-order valence-electron chi connectivity index (χ1n) is 5.41. The molecule has 0 aromatic carbocycles. The largest absolute Gasteiger partial charge is 0.361 e. The smallest absolute Gasteiger partial charge is 0.186 e. The minimum Gasteiger partial charge on any atom is -0.361 e. The Morgan fingerprint density at radius 2 is 2.12 bits per heavy atom. The molecule has 0 bridgehead atoms. The number of rotatable bonds is 4. The van der Waals surface area contributed by atoms with E-state index in [1.807, 2.05) is 27.7 Å². The van der Waals surface area contributed by atoms with Gasteiger partial charge < -0.3 is 11.1 Å². The van der Waals surface area contributed by atoms with Crippen molar-refractivity contribution in [1.29, 1.82) is 0 Å². The van der Waals surface area contributed by atoms with Gasteiger partial charge in [0.2, 0.25) is 0 Å². The summed E-state index contributed by atoms with van der Waals surface area (Å²) in [5, 5.41) is 3.01. The standard InChI is InChI=1S/C11H19FN4/c1-5-8-9(12)10(15-6-14-8)16-11(3,4)7(2)13/h6-7H,5,13H2,1-4H3,(H,14,15,16). The Morgan fingerprint density at radius 1 is 1.50 bits per heavy atom. The molecule has 5 heteroatoms. The highest BCUT2D eigenvalue weighted by Gasteiger charge is 2.24. The van der Waals surface area contributed by atoms with Gasteiger partial charge in [-0.25, -0.2) is 14.4 Å². The number of aromatic nitrogens is 2. The molecule has 16 heavy (non-hydrogen) atoms. The van der Waals surface area contributed by atoms with Crippen LogP contribution < -0.4 is 11.1 Å². The first-order valence-corrected chi connectivity index (χ1v) is 5.41. The topological polar surface area (TPSA) is 63.8 Å². The summed E-state index contributed by atoms with van der Waals surface area (Å²) in [7, 11) is 0. The lowest BCUT2D eigenvalue weighted by atomic mass is 9.97. The Morgan fingerprint density at radius 3 is 2.62 bits per heavy atom. The van der Waals surface area contributed by atoms with E-state index in [4.69, 9.17) is 5.73 Å². The SMILES string of the molecule is CCc1ncnc(NC(C)(C)C(C)N)c1F. The van der Waals surface area contributed by atoms with E-state index < -0.39 is 11.4 Å². The van der Waals surface area contributed by atoms with Crippen LogP contribution in [0.25, 0.3) is 0 Å². The third kappa shape index (κ3) is 2.66. The summed E-state index contributed by atoms with van der Waals surface area (Å²) in [5.74, 6) is -0.173. The molecule has 1 atom stereocenters. The van der Waals surface area contributed by atoms with Crippen LogP contribution in [0.1, 0.15) is 33.4 Å². The number of hydrogen-bond acceptors (Lipinski definition) is 4. The molecule has 4 nitrogen and oxygen atoms in total. The fourth-order valence-corrected chi connectivity index (χ4v) is 1.16. The summed E-state index contributed by atoms with van der Waals surface area (Å²) < 4.78 is 13.8. The van der Waals surface area contributed by atoms with Gasteiger partial charge in [0.25, 0.3) is 0 Å². The van der Waals surface area contributed by atoms with E-state index in [0.717, 1.165) is 0 Å². The number of nitrogens with one attached hydrogen (secondary N) is 1. The van der Waals surface area contributed by atoms with Gasteiger partial charge in [0.1, 0.15) is 6.33 Å². The summed E-state index contributed by atoms with van der Waals surface area (Å²) in [4.78, 5) is 7.78. The lowest BCUT2D eigenvalue weighted by Gasteiger charge is -2.31. The molecule has 0 saturated heterocycles. The minimum atomic E-state index is -0.416. The molecule has 0 aliphatic rings. The highest BCUT2D eigenvalue weighted by atomic mass is 19.1. The van der Waals surface area contributed by atoms with Gasteiger partial charge >= 0.3 is 0 Å². The number of hydrogen-bond donors (Lipinski definition) is 2. The molecule has 1 aromatic rings. The van der Waals surface area contributed by atoms with Crippen molar-refractivity contribution in [2.45, 2.75) is 45.7 Å². The van der Waals surface area contributed by atoms with Crippen LogP contribution in [0, 0.1) is 5.82 Å². The maximum atomic E-state index is 13.8. The van der Waals surface area contributed by atoms with Gasteiger partial charge in [-0.1, -0.05) is 6.92 Å². The fraction of sp³-hybridized carbons (Fsp3) is 0.636. The summed E-state index contributed by atoms with van der Waals surface area (Å²) in [6.45, 7) is 7.54. The summed E-state index contributed by atoms with van der Waals surface area (Å²) in [6.07, 6.45) is 1.91. The minimum absolute atomic E-state index is 0.119. The van der Waals surface area contributed by atoms with Crippen molar-refractivity contribution < 1.29 is 4.39 Å². The third-order valence-corrected chi connectivity index (χ3v) is 2.78. The van der Waals surface area contributed by atoms with Gasteiger partial charge in [0.15, 0.2) is 11.6 Å². The first-order chi connectivity index (χ1) is 7.38. The molecule has 1 rings (SSSR count). The second kappa shape index (κ2) is 4.74. The molecule has 0 radical (unpaired) electrons. The zero-order chi connectivity index (χ0) is 12.3. The maximum absolute atomic E-state index is 13.8. The van der Waals surface area contributed by atoms with Crippen molar-refractivity contribution in [2.75, 3.05) is 5.32 Å². The quantitative estimate of drug-likeness (QED) is 0.820. The van der Waals surface area contributed by atoms with E-state index in [9.17, 15) is 4.39 Å². The van der Waals surface area contributed by atoms with Crippen LogP contribution >= 0.6 is 0 Å². The van der Waals surface area contributed by atoms with Crippen molar-refractivity contribution >= 4 is 5.82 Å². The molecular formula is C11H19FN4. The Balaban J connectivity index is 2.98. The average Bonchev–Trinajstić information content (AvgIpc) is 2.20. The van der Waals surface area contributed by atoms with Gasteiger partial charge in [0.05, 0.1) is 5.69 Å². The van der Waals surface area contributed by atoms with Gasteiger partial charge in [-0.3, -0.25) is 0 Å². The predicted octanol–water partition coefficient (Wildman–Crippen LogP) is 1.72. The van der Waals surface area contributed by atoms with Gasteiger partial charge in [0, 0.05) is 11.6 Å². The summed E-state index contributed by atoms with van der Waals surface area (Å²) in [6, 6.07) is -0.119. The highest BCUT2D eigenvalue weighted by molar-refractivity contribution is 5.40. The number of anilines is 1. The number of nitrogens with two attached hydrogens (primary N) is 1. The molecule has 0 saturated carbocycles. The molecule has 1 unspecified atom stereocenters. The Labute approximate surface area is 95.5 Å². The number of halogens is 1. The van der Waals surface area contributed by atoms with Crippen LogP contribution in [0.5, 0.6) is 0 Å². The van der Waals surface area contributed by atoms with Crippen LogP contribution in [0.3, 0.4) is 0 Å². The van der Waals surface area contributed by atoms with Gasteiger partial charge in [-0.15, -0.1) is 0 Å². The Hall–Kier alpha value is -1.23. The Bertz CT molecular complexity index is 363. The molecule has 3 N–H and O–H groups in total. The predicted molar refractivity (Wildman–Crippen MR) is 62.7 cm³/mol. The normalized spacial score (nSPS) is 13.6. The molecule has 0 aliphatic heterocycles. The zero-order valence-corrected chi connectivity index (χ0v) is 10.2. The molecule has 90 valence electrons. The van der Waals surface area contributed by atoms with Crippen molar-refractivity contribution in [3.63, 3.8) is 0 Å². The van der Waals surface area contributed by atoms with Crippen LogP contribution in [-0.2, 0) is 6.42 Å². The molecule has 0 aliphatic carbocycles. The van der Waals surface area contributed by atoms with Crippen molar-refractivity contribution in [1.82, 2.24) is 9.97 Å². The highest BCUT2D eigenvalue weighted by Crippen LogP contribution is 2.19. The molecule has 1 aromatic heterocycles. The monoisotopic (exact) mass is 226 g/mol. The number of aryl methyl sites for hydroxylation is 1. The van der Waals surface area contributed by atoms with E-state index in [-0.39, 0.29) is 11.9 Å². The van der Waals surface area contributed by atoms with Crippen molar-refractivity contribution in [2.24, 2.45) is 5.73 Å². The molecule has 1 heterocycles. The second-order valence-corrected chi connectivity index (χ2v) is 4.47. The molecule has 0 amide bonds. The fourth-order valence-electron chi connectivity index (χ4n) is 1.16. The van der Waals surface area contributed by atoms with Crippen LogP contribution in [0.4, 0.5) is 10.2 Å². The molecule has 0 fully saturated rings. The van der Waals surface area contributed by atoms with Gasteiger partial charge in [-0.05, 0) is 27.2 Å². The van der Waals surface area contributed by atoms with E-state index in [1.165, 1.54) is 6.33 Å². The van der Waals surface area contributed by atoms with Gasteiger partial charge in [-0.2, -0.15) is 0 Å².